The normalized spacial score (nSPS) is 20.4. The van der Waals surface area contributed by atoms with Crippen molar-refractivity contribution < 1.29 is 9.53 Å². The van der Waals surface area contributed by atoms with Crippen molar-refractivity contribution in [3.63, 3.8) is 0 Å². The molecule has 0 radical (unpaired) electrons. The van der Waals surface area contributed by atoms with Crippen LogP contribution in [0.2, 0.25) is 0 Å². The Labute approximate surface area is 295 Å². The summed E-state index contributed by atoms with van der Waals surface area (Å²) in [5.74, 6) is 2.61. The molecule has 1 saturated heterocycles. The molecular weight excluding hydrogens is 619 g/mol. The van der Waals surface area contributed by atoms with E-state index >= 15 is 0 Å². The van der Waals surface area contributed by atoms with Gasteiger partial charge >= 0.3 is 6.09 Å². The van der Waals surface area contributed by atoms with Crippen molar-refractivity contribution in [1.29, 1.82) is 0 Å². The maximum Gasteiger partial charge on any atom is 0.410 e. The highest BCUT2D eigenvalue weighted by Gasteiger charge is 2.42. The van der Waals surface area contributed by atoms with Crippen molar-refractivity contribution in [2.24, 2.45) is 5.41 Å². The van der Waals surface area contributed by atoms with Gasteiger partial charge in [-0.05, 0) is 123 Å². The van der Waals surface area contributed by atoms with Crippen LogP contribution in [0.25, 0.3) is 44.5 Å². The van der Waals surface area contributed by atoms with Crippen LogP contribution in [-0.2, 0) is 17.6 Å². The van der Waals surface area contributed by atoms with Crippen LogP contribution in [0.4, 0.5) is 4.79 Å². The number of nitrogens with one attached hydrogen (secondary N) is 2. The molecule has 258 valence electrons. The number of likely N-dealkylation sites (tertiary alicyclic amines) is 1. The number of H-pyrrole nitrogens is 2. The third-order valence-electron chi connectivity index (χ3n) is 12.1. The van der Waals surface area contributed by atoms with Gasteiger partial charge in [-0.25, -0.2) is 14.8 Å². The third-order valence-corrected chi connectivity index (χ3v) is 12.1. The first-order chi connectivity index (χ1) is 24.2. The van der Waals surface area contributed by atoms with Gasteiger partial charge in [0.1, 0.15) is 17.2 Å². The van der Waals surface area contributed by atoms with E-state index in [-0.39, 0.29) is 12.1 Å². The molecule has 7 nitrogen and oxygen atoms in total. The first-order valence-corrected chi connectivity index (χ1v) is 19.0. The maximum absolute atomic E-state index is 12.9. The minimum absolute atomic E-state index is 0.0981. The van der Waals surface area contributed by atoms with Gasteiger partial charge in [0.25, 0.3) is 0 Å². The molecule has 1 spiro atoms. The molecule has 3 fully saturated rings. The highest BCUT2D eigenvalue weighted by Crippen LogP contribution is 2.53. The fraction of sp³-hybridized carbons (Fsp3) is 0.465. The Hall–Kier alpha value is -4.39. The van der Waals surface area contributed by atoms with E-state index in [9.17, 15) is 4.79 Å². The lowest BCUT2D eigenvalue weighted by atomic mass is 9.82. The second-order valence-electron chi connectivity index (χ2n) is 16.6. The maximum atomic E-state index is 12.9. The molecule has 2 aromatic heterocycles. The zero-order valence-electron chi connectivity index (χ0n) is 29.8. The number of benzene rings is 3. The van der Waals surface area contributed by atoms with Gasteiger partial charge in [0.2, 0.25) is 0 Å². The summed E-state index contributed by atoms with van der Waals surface area (Å²) < 4.78 is 5.70. The fourth-order valence-corrected chi connectivity index (χ4v) is 9.59. The topological polar surface area (TPSA) is 86.9 Å². The van der Waals surface area contributed by atoms with Gasteiger partial charge in [-0.2, -0.15) is 0 Å². The number of carbonyl (C=O) groups excluding carboxylic acids is 1. The van der Waals surface area contributed by atoms with Gasteiger partial charge in [-0.3, -0.25) is 4.90 Å². The smallest absolute Gasteiger partial charge is 0.410 e. The minimum Gasteiger partial charge on any atom is -0.444 e. The number of aromatic nitrogens is 4. The van der Waals surface area contributed by atoms with Gasteiger partial charge in [0, 0.05) is 18.0 Å². The molecular formula is C43H49N5O2. The van der Waals surface area contributed by atoms with Crippen LogP contribution in [0.3, 0.4) is 0 Å². The molecule has 0 unspecified atom stereocenters. The molecule has 5 aromatic rings. The van der Waals surface area contributed by atoms with E-state index < -0.39 is 5.60 Å². The molecule has 4 aliphatic rings. The van der Waals surface area contributed by atoms with Crippen molar-refractivity contribution in [3.05, 3.63) is 83.6 Å². The Morgan fingerprint density at radius 3 is 2.26 bits per heavy atom. The van der Waals surface area contributed by atoms with Crippen molar-refractivity contribution in [3.8, 4) is 33.5 Å². The van der Waals surface area contributed by atoms with E-state index in [2.05, 4.69) is 70.8 Å². The first-order valence-electron chi connectivity index (χ1n) is 19.0. The van der Waals surface area contributed by atoms with Crippen LogP contribution in [0.5, 0.6) is 0 Å². The number of hydrogen-bond acceptors (Lipinski definition) is 4. The molecule has 9 rings (SSSR count). The summed E-state index contributed by atoms with van der Waals surface area (Å²) in [6, 6.07) is 20.2. The standard InChI is InChI=1S/C43H49N5O2/c1-42(2,3)50-41(49)48-22-8-11-38(48)40-45-35-19-16-30(23-36(35)46-40)27-12-14-28(15-13-27)31-17-18-32(34-25-43(24-33(31)34)20-6-7-21-43)37-26-44-39(47-37)29-9-4-5-10-29/h12-19,23,26,29,38H,4-11,20-22,24-25H2,1-3H3,(H,44,47)(H,45,46)/t38-/m0/s1. The highest BCUT2D eigenvalue weighted by molar-refractivity contribution is 5.84. The summed E-state index contributed by atoms with van der Waals surface area (Å²) >= 11 is 0. The van der Waals surface area contributed by atoms with Crippen molar-refractivity contribution >= 4 is 17.1 Å². The zero-order valence-corrected chi connectivity index (χ0v) is 29.8. The molecule has 3 heterocycles. The van der Waals surface area contributed by atoms with Crippen molar-refractivity contribution in [2.45, 2.75) is 115 Å². The molecule has 3 aromatic carbocycles. The summed E-state index contributed by atoms with van der Waals surface area (Å²) in [7, 11) is 0. The Kier molecular flexibility index (Phi) is 7.67. The number of hydrogen-bond donors (Lipinski definition) is 2. The average molecular weight is 668 g/mol. The van der Waals surface area contributed by atoms with E-state index in [1.807, 2.05) is 25.7 Å². The van der Waals surface area contributed by atoms with E-state index in [0.717, 1.165) is 35.3 Å². The van der Waals surface area contributed by atoms with Crippen LogP contribution in [0.15, 0.2) is 60.8 Å². The SMILES string of the molecule is CC(C)(C)OC(=O)N1CCC[C@H]1c1nc2ccc(-c3ccc(-c4ccc(-c5cnc(C6CCCC6)[nH]5)c5c4CC4(CCCC4)C5)cc3)cc2[nH]1. The largest absolute Gasteiger partial charge is 0.444 e. The molecule has 2 saturated carbocycles. The third kappa shape index (κ3) is 5.72. The Morgan fingerprint density at radius 1 is 0.800 bits per heavy atom. The van der Waals surface area contributed by atoms with Gasteiger partial charge in [0.05, 0.1) is 29.0 Å². The summed E-state index contributed by atoms with van der Waals surface area (Å²) in [4.78, 5) is 31.9. The number of ether oxygens (including phenoxy) is 1. The summed E-state index contributed by atoms with van der Waals surface area (Å²) in [6.45, 7) is 6.42. The lowest BCUT2D eigenvalue weighted by Gasteiger charge is -2.27. The van der Waals surface area contributed by atoms with Gasteiger partial charge in [-0.1, -0.05) is 68.1 Å². The number of amides is 1. The fourth-order valence-electron chi connectivity index (χ4n) is 9.59. The molecule has 50 heavy (non-hydrogen) atoms. The summed E-state index contributed by atoms with van der Waals surface area (Å²) in [6.07, 6.45) is 16.6. The molecule has 3 aliphatic carbocycles. The summed E-state index contributed by atoms with van der Waals surface area (Å²) in [5, 5.41) is 0. The molecule has 7 heteroatoms. The number of carbonyl (C=O) groups is 1. The second kappa shape index (κ2) is 12.1. The predicted octanol–water partition coefficient (Wildman–Crippen LogP) is 10.7. The molecule has 1 atom stereocenters. The van der Waals surface area contributed by atoms with Gasteiger partial charge in [0.15, 0.2) is 0 Å². The quantitative estimate of drug-likeness (QED) is 0.195. The van der Waals surface area contributed by atoms with Crippen molar-refractivity contribution in [1.82, 2.24) is 24.8 Å². The zero-order chi connectivity index (χ0) is 34.0. The lowest BCUT2D eigenvalue weighted by molar-refractivity contribution is 0.0219. The number of imidazole rings is 2. The van der Waals surface area contributed by atoms with E-state index in [1.165, 1.54) is 98.0 Å². The van der Waals surface area contributed by atoms with Crippen LogP contribution < -0.4 is 0 Å². The number of aromatic amines is 2. The average Bonchev–Trinajstić information content (AvgIpc) is 3.95. The number of nitrogens with zero attached hydrogens (tertiary/aromatic N) is 3. The van der Waals surface area contributed by atoms with Gasteiger partial charge in [-0.15, -0.1) is 0 Å². The van der Waals surface area contributed by atoms with Crippen LogP contribution in [0, 0.1) is 5.41 Å². The predicted molar refractivity (Wildman–Crippen MR) is 199 cm³/mol. The molecule has 1 aliphatic heterocycles. The minimum atomic E-state index is -0.525. The summed E-state index contributed by atoms with van der Waals surface area (Å²) in [5.41, 5.74) is 12.5. The Bertz CT molecular complexity index is 2050. The lowest BCUT2D eigenvalue weighted by Crippen LogP contribution is -2.36. The highest BCUT2D eigenvalue weighted by atomic mass is 16.6. The monoisotopic (exact) mass is 667 g/mol. The van der Waals surface area contributed by atoms with E-state index in [1.54, 1.807) is 11.1 Å². The van der Waals surface area contributed by atoms with Crippen molar-refractivity contribution in [2.75, 3.05) is 6.54 Å². The van der Waals surface area contributed by atoms with Crippen LogP contribution in [-0.4, -0.2) is 43.1 Å². The van der Waals surface area contributed by atoms with Crippen LogP contribution in [0.1, 0.15) is 120 Å². The van der Waals surface area contributed by atoms with Crippen LogP contribution >= 0.6 is 0 Å². The number of fused-ring (bicyclic) bond motifs is 2. The number of rotatable bonds is 5. The first kappa shape index (κ1) is 31.6. The second-order valence-corrected chi connectivity index (χ2v) is 16.6. The van der Waals surface area contributed by atoms with E-state index in [0.29, 0.717) is 17.9 Å². The molecule has 2 N–H and O–H groups in total. The van der Waals surface area contributed by atoms with E-state index in [4.69, 9.17) is 14.7 Å². The van der Waals surface area contributed by atoms with Gasteiger partial charge < -0.3 is 14.7 Å². The Balaban J connectivity index is 0.993. The Morgan fingerprint density at radius 2 is 1.50 bits per heavy atom. The molecule has 0 bridgehead atoms. The molecule has 1 amide bonds.